The number of carboxylic acid groups (broad SMARTS) is 1. The summed E-state index contributed by atoms with van der Waals surface area (Å²) in [6.45, 7) is 0.558. The van der Waals surface area contributed by atoms with Crippen LogP contribution in [0.5, 0.6) is 0 Å². The molecule has 1 aromatic rings. The quantitative estimate of drug-likeness (QED) is 0.637. The Hall–Kier alpha value is -2.70. The highest BCUT2D eigenvalue weighted by atomic mass is 16.4. The normalized spacial score (nSPS) is 22.4. The number of hydrogen-bond donors (Lipinski definition) is 2. The van der Waals surface area contributed by atoms with Crippen LogP contribution in [0.25, 0.3) is 0 Å². The summed E-state index contributed by atoms with van der Waals surface area (Å²) in [6, 6.07) is 2.83. The van der Waals surface area contributed by atoms with E-state index in [0.717, 1.165) is 6.42 Å². The van der Waals surface area contributed by atoms with E-state index < -0.39 is 23.3 Å². The third-order valence-corrected chi connectivity index (χ3v) is 4.64. The van der Waals surface area contributed by atoms with Gasteiger partial charge in [-0.1, -0.05) is 12.2 Å². The largest absolute Gasteiger partial charge is 0.480 e. The predicted octanol–water partition coefficient (Wildman–Crippen LogP) is 1.11. The zero-order valence-electron chi connectivity index (χ0n) is 13.1. The Kier molecular flexibility index (Phi) is 4.33. The first-order valence-corrected chi connectivity index (χ1v) is 7.95. The van der Waals surface area contributed by atoms with E-state index in [9.17, 15) is 19.5 Å². The average Bonchev–Trinajstić information content (AvgIpc) is 3.09. The molecule has 2 aliphatic rings. The summed E-state index contributed by atoms with van der Waals surface area (Å²) in [4.78, 5) is 42.4. The van der Waals surface area contributed by atoms with Gasteiger partial charge in [0.05, 0.1) is 11.9 Å². The van der Waals surface area contributed by atoms with Gasteiger partial charge in [0.25, 0.3) is 0 Å². The summed E-state index contributed by atoms with van der Waals surface area (Å²) in [6.07, 6.45) is 8.15. The number of aliphatic carboxylic acids is 1. The van der Waals surface area contributed by atoms with E-state index in [0.29, 0.717) is 18.7 Å². The first kappa shape index (κ1) is 16.2. The van der Waals surface area contributed by atoms with Gasteiger partial charge in [0.15, 0.2) is 5.41 Å². The van der Waals surface area contributed by atoms with E-state index in [1.54, 1.807) is 41.6 Å². The molecule has 0 radical (unpaired) electrons. The van der Waals surface area contributed by atoms with Crippen LogP contribution in [-0.2, 0) is 14.4 Å². The lowest BCUT2D eigenvalue weighted by Crippen LogP contribution is -2.56. The number of pyridine rings is 1. The molecule has 2 heterocycles. The van der Waals surface area contributed by atoms with Crippen molar-refractivity contribution in [3.05, 3.63) is 36.7 Å². The molecule has 24 heavy (non-hydrogen) atoms. The molecule has 1 unspecified atom stereocenters. The number of allylic oxidation sites excluding steroid dienone is 2. The summed E-state index contributed by atoms with van der Waals surface area (Å²) in [5.74, 6) is -1.97. The molecule has 1 aliphatic carbocycles. The highest BCUT2D eigenvalue weighted by Gasteiger charge is 2.47. The van der Waals surface area contributed by atoms with E-state index in [1.165, 1.54) is 0 Å². The second-order valence-electron chi connectivity index (χ2n) is 6.14. The summed E-state index contributed by atoms with van der Waals surface area (Å²) >= 11 is 0. The fraction of sp³-hybridized carbons (Fsp3) is 0.412. The highest BCUT2D eigenvalue weighted by molar-refractivity contribution is 6.06. The standard InChI is InChI=1S/C17H19N3O4/c21-14-13(6-4-10-20(14)12-5-3-9-18-11-12)19-15(22)17(16(23)24)7-1-2-8-17/h1-3,5,9,11,13H,4,6-8,10H2,(H,19,22)(H,23,24). The molecule has 0 saturated carbocycles. The van der Waals surface area contributed by atoms with Gasteiger partial charge in [0.2, 0.25) is 11.8 Å². The number of rotatable bonds is 4. The van der Waals surface area contributed by atoms with E-state index in [2.05, 4.69) is 10.3 Å². The first-order valence-electron chi connectivity index (χ1n) is 7.95. The van der Waals surface area contributed by atoms with Crippen LogP contribution < -0.4 is 10.2 Å². The van der Waals surface area contributed by atoms with Crippen molar-refractivity contribution in [2.75, 3.05) is 11.4 Å². The van der Waals surface area contributed by atoms with Crippen molar-refractivity contribution in [3.63, 3.8) is 0 Å². The van der Waals surface area contributed by atoms with Crippen LogP contribution in [0.4, 0.5) is 5.69 Å². The second kappa shape index (κ2) is 6.43. The maximum Gasteiger partial charge on any atom is 0.319 e. The van der Waals surface area contributed by atoms with Gasteiger partial charge < -0.3 is 15.3 Å². The average molecular weight is 329 g/mol. The van der Waals surface area contributed by atoms with Crippen molar-refractivity contribution >= 4 is 23.5 Å². The Morgan fingerprint density at radius 2 is 2.08 bits per heavy atom. The Labute approximate surface area is 139 Å². The smallest absolute Gasteiger partial charge is 0.319 e. The maximum absolute atomic E-state index is 12.7. The number of nitrogens with zero attached hydrogens (tertiary/aromatic N) is 2. The maximum atomic E-state index is 12.7. The Bertz CT molecular complexity index is 678. The van der Waals surface area contributed by atoms with Crippen molar-refractivity contribution in [2.24, 2.45) is 5.41 Å². The van der Waals surface area contributed by atoms with E-state index in [4.69, 9.17) is 0 Å². The SMILES string of the molecule is O=C1C(NC(=O)C2(C(=O)O)CC=CC2)CCCN1c1cccnc1. The molecule has 1 aliphatic heterocycles. The molecule has 7 nitrogen and oxygen atoms in total. The highest BCUT2D eigenvalue weighted by Crippen LogP contribution is 2.34. The Morgan fingerprint density at radius 3 is 2.71 bits per heavy atom. The topological polar surface area (TPSA) is 99.6 Å². The third-order valence-electron chi connectivity index (χ3n) is 4.64. The van der Waals surface area contributed by atoms with Gasteiger partial charge >= 0.3 is 5.97 Å². The molecule has 0 bridgehead atoms. The molecule has 1 fully saturated rings. The molecule has 126 valence electrons. The number of hydrogen-bond acceptors (Lipinski definition) is 4. The Balaban J connectivity index is 1.74. The van der Waals surface area contributed by atoms with Crippen LogP contribution >= 0.6 is 0 Å². The van der Waals surface area contributed by atoms with Gasteiger partial charge in [-0.25, -0.2) is 0 Å². The van der Waals surface area contributed by atoms with Crippen molar-refractivity contribution < 1.29 is 19.5 Å². The van der Waals surface area contributed by atoms with Crippen LogP contribution in [0.3, 0.4) is 0 Å². The Morgan fingerprint density at radius 1 is 1.33 bits per heavy atom. The predicted molar refractivity (Wildman–Crippen MR) is 86.2 cm³/mol. The third kappa shape index (κ3) is 2.77. The minimum Gasteiger partial charge on any atom is -0.480 e. The van der Waals surface area contributed by atoms with Gasteiger partial charge in [-0.05, 0) is 37.8 Å². The van der Waals surface area contributed by atoms with Gasteiger partial charge in [-0.3, -0.25) is 19.4 Å². The number of amides is 2. The molecule has 1 aromatic heterocycles. The minimum absolute atomic E-state index is 0.154. The summed E-state index contributed by atoms with van der Waals surface area (Å²) < 4.78 is 0. The van der Waals surface area contributed by atoms with E-state index in [-0.39, 0.29) is 18.7 Å². The number of piperidine rings is 1. The number of carbonyl (C=O) groups excluding carboxylic acids is 2. The zero-order chi connectivity index (χ0) is 17.2. The van der Waals surface area contributed by atoms with Crippen molar-refractivity contribution in [1.82, 2.24) is 10.3 Å². The molecule has 7 heteroatoms. The summed E-state index contributed by atoms with van der Waals surface area (Å²) in [5, 5.41) is 12.1. The van der Waals surface area contributed by atoms with Gasteiger partial charge in [-0.2, -0.15) is 0 Å². The number of nitrogens with one attached hydrogen (secondary N) is 1. The minimum atomic E-state index is -1.49. The van der Waals surface area contributed by atoms with Crippen molar-refractivity contribution in [1.29, 1.82) is 0 Å². The first-order chi connectivity index (χ1) is 11.5. The second-order valence-corrected chi connectivity index (χ2v) is 6.14. The molecule has 1 saturated heterocycles. The fourth-order valence-electron chi connectivity index (χ4n) is 3.18. The number of anilines is 1. The molecule has 0 aromatic carbocycles. The van der Waals surface area contributed by atoms with E-state index in [1.807, 2.05) is 0 Å². The summed E-state index contributed by atoms with van der Waals surface area (Å²) in [7, 11) is 0. The molecule has 2 amide bonds. The molecule has 0 spiro atoms. The zero-order valence-corrected chi connectivity index (χ0v) is 13.1. The number of aromatic nitrogens is 1. The van der Waals surface area contributed by atoms with Gasteiger partial charge in [0, 0.05) is 12.7 Å². The molecular weight excluding hydrogens is 310 g/mol. The van der Waals surface area contributed by atoms with Crippen LogP contribution in [0.2, 0.25) is 0 Å². The van der Waals surface area contributed by atoms with Crippen LogP contribution in [0.1, 0.15) is 25.7 Å². The van der Waals surface area contributed by atoms with Crippen molar-refractivity contribution in [3.8, 4) is 0 Å². The van der Waals surface area contributed by atoms with Crippen LogP contribution in [0, 0.1) is 5.41 Å². The van der Waals surface area contributed by atoms with Crippen LogP contribution in [0.15, 0.2) is 36.7 Å². The lowest BCUT2D eigenvalue weighted by Gasteiger charge is -2.34. The molecular formula is C17H19N3O4. The summed E-state index contributed by atoms with van der Waals surface area (Å²) in [5.41, 5.74) is -0.812. The van der Waals surface area contributed by atoms with Gasteiger partial charge in [0.1, 0.15) is 6.04 Å². The lowest BCUT2D eigenvalue weighted by atomic mass is 9.84. The van der Waals surface area contributed by atoms with Crippen molar-refractivity contribution in [2.45, 2.75) is 31.7 Å². The molecule has 1 atom stereocenters. The van der Waals surface area contributed by atoms with Gasteiger partial charge in [-0.15, -0.1) is 0 Å². The lowest BCUT2D eigenvalue weighted by molar-refractivity contribution is -0.156. The fourth-order valence-corrected chi connectivity index (χ4v) is 3.18. The number of carboxylic acids is 1. The monoisotopic (exact) mass is 329 g/mol. The molecule has 3 rings (SSSR count). The van der Waals surface area contributed by atoms with Crippen LogP contribution in [-0.4, -0.2) is 40.5 Å². The number of carbonyl (C=O) groups is 3. The van der Waals surface area contributed by atoms with E-state index >= 15 is 0 Å². The molecule has 2 N–H and O–H groups in total.